The van der Waals surface area contributed by atoms with Crippen molar-refractivity contribution in [1.29, 1.82) is 0 Å². The highest BCUT2D eigenvalue weighted by atomic mass is 19.1. The van der Waals surface area contributed by atoms with Gasteiger partial charge in [-0.2, -0.15) is 0 Å². The summed E-state index contributed by atoms with van der Waals surface area (Å²) >= 11 is 0. The number of hydrogen-bond donors (Lipinski definition) is 3. The lowest BCUT2D eigenvalue weighted by Gasteiger charge is -2.13. The van der Waals surface area contributed by atoms with Crippen LogP contribution in [0, 0.1) is 11.6 Å². The van der Waals surface area contributed by atoms with Crippen molar-refractivity contribution < 1.29 is 18.7 Å². The molecule has 4 nitrogen and oxygen atoms in total. The molecule has 0 bridgehead atoms. The topological polar surface area (TPSA) is 75.4 Å². The lowest BCUT2D eigenvalue weighted by atomic mass is 10.1. The predicted molar refractivity (Wildman–Crippen MR) is 74.5 cm³/mol. The van der Waals surface area contributed by atoms with Gasteiger partial charge in [0.2, 0.25) is 0 Å². The molecule has 0 saturated heterocycles. The van der Waals surface area contributed by atoms with Crippen LogP contribution < -0.4 is 11.1 Å². The monoisotopic (exact) mass is 292 g/mol. The third kappa shape index (κ3) is 3.35. The largest absolute Gasteiger partial charge is 0.396 e. The zero-order valence-electron chi connectivity index (χ0n) is 11.0. The molecule has 2 aromatic carbocycles. The van der Waals surface area contributed by atoms with E-state index in [0.717, 1.165) is 12.1 Å². The van der Waals surface area contributed by atoms with Crippen molar-refractivity contribution in [3.63, 3.8) is 0 Å². The third-order valence-corrected chi connectivity index (χ3v) is 2.99. The molecule has 0 heterocycles. The van der Waals surface area contributed by atoms with E-state index in [1.807, 2.05) is 0 Å². The number of nitrogen functional groups attached to an aromatic ring is 1. The standard InChI is InChI=1S/C15H14F2N2O2/c16-10-6-7-11(18)14(17)13(10)15(21)19-8-12(20)9-4-2-1-3-5-9/h1-7,12,20H,8,18H2,(H,19,21). The molecule has 0 aromatic heterocycles. The predicted octanol–water partition coefficient (Wildman–Crippen LogP) is 2.01. The molecule has 2 aromatic rings. The highest BCUT2D eigenvalue weighted by Gasteiger charge is 2.20. The van der Waals surface area contributed by atoms with Gasteiger partial charge in [0.15, 0.2) is 5.82 Å². The smallest absolute Gasteiger partial charge is 0.257 e. The summed E-state index contributed by atoms with van der Waals surface area (Å²) in [4.78, 5) is 11.8. The fourth-order valence-corrected chi connectivity index (χ4v) is 1.85. The van der Waals surface area contributed by atoms with Gasteiger partial charge in [-0.25, -0.2) is 8.78 Å². The summed E-state index contributed by atoms with van der Waals surface area (Å²) in [5.74, 6) is -3.08. The summed E-state index contributed by atoms with van der Waals surface area (Å²) in [7, 11) is 0. The first kappa shape index (κ1) is 14.9. The first-order chi connectivity index (χ1) is 10.0. The minimum atomic E-state index is -1.11. The third-order valence-electron chi connectivity index (χ3n) is 2.99. The van der Waals surface area contributed by atoms with Gasteiger partial charge in [-0.1, -0.05) is 30.3 Å². The summed E-state index contributed by atoms with van der Waals surface area (Å²) in [6.45, 7) is -0.170. The van der Waals surface area contributed by atoms with Crippen molar-refractivity contribution in [2.45, 2.75) is 6.10 Å². The van der Waals surface area contributed by atoms with E-state index in [1.165, 1.54) is 0 Å². The Morgan fingerprint density at radius 1 is 1.19 bits per heavy atom. The Balaban J connectivity index is 2.08. The number of aliphatic hydroxyl groups is 1. The van der Waals surface area contributed by atoms with Crippen LogP contribution in [0.2, 0.25) is 0 Å². The fraction of sp³-hybridized carbons (Fsp3) is 0.133. The number of nitrogens with one attached hydrogen (secondary N) is 1. The van der Waals surface area contributed by atoms with Crippen LogP contribution in [0.4, 0.5) is 14.5 Å². The molecule has 0 aliphatic carbocycles. The van der Waals surface area contributed by atoms with E-state index >= 15 is 0 Å². The molecule has 6 heteroatoms. The quantitative estimate of drug-likeness (QED) is 0.755. The molecule has 0 radical (unpaired) electrons. The Hall–Kier alpha value is -2.47. The lowest BCUT2D eigenvalue weighted by Crippen LogP contribution is -2.30. The summed E-state index contributed by atoms with van der Waals surface area (Å²) < 4.78 is 27.2. The number of halogens is 2. The maximum atomic E-state index is 13.7. The SMILES string of the molecule is Nc1ccc(F)c(C(=O)NCC(O)c2ccccc2)c1F. The normalized spacial score (nSPS) is 12.0. The number of hydrogen-bond acceptors (Lipinski definition) is 3. The molecule has 1 amide bonds. The minimum Gasteiger partial charge on any atom is -0.396 e. The highest BCUT2D eigenvalue weighted by Crippen LogP contribution is 2.19. The zero-order chi connectivity index (χ0) is 15.4. The molecular formula is C15H14F2N2O2. The van der Waals surface area contributed by atoms with E-state index in [-0.39, 0.29) is 12.2 Å². The van der Waals surface area contributed by atoms with Crippen molar-refractivity contribution >= 4 is 11.6 Å². The Kier molecular flexibility index (Phi) is 4.49. The van der Waals surface area contributed by atoms with E-state index in [2.05, 4.69) is 5.32 Å². The Morgan fingerprint density at radius 2 is 1.86 bits per heavy atom. The Labute approximate surface area is 120 Å². The number of carbonyl (C=O) groups is 1. The van der Waals surface area contributed by atoms with Gasteiger partial charge in [0.25, 0.3) is 5.91 Å². The molecule has 1 unspecified atom stereocenters. The minimum absolute atomic E-state index is 0.170. The number of amides is 1. The first-order valence-corrected chi connectivity index (χ1v) is 6.25. The molecular weight excluding hydrogens is 278 g/mol. The summed E-state index contributed by atoms with van der Waals surface area (Å²) in [5, 5.41) is 12.2. The molecule has 0 fully saturated rings. The molecule has 21 heavy (non-hydrogen) atoms. The molecule has 0 saturated carbocycles. The van der Waals surface area contributed by atoms with Crippen molar-refractivity contribution in [2.75, 3.05) is 12.3 Å². The van der Waals surface area contributed by atoms with Crippen molar-refractivity contribution in [1.82, 2.24) is 5.32 Å². The molecule has 0 aliphatic rings. The van der Waals surface area contributed by atoms with Crippen molar-refractivity contribution in [3.8, 4) is 0 Å². The molecule has 0 spiro atoms. The maximum absolute atomic E-state index is 13.7. The molecule has 1 atom stereocenters. The average Bonchev–Trinajstić information content (AvgIpc) is 2.50. The van der Waals surface area contributed by atoms with Crippen molar-refractivity contribution in [2.24, 2.45) is 0 Å². The van der Waals surface area contributed by atoms with Crippen LogP contribution in [-0.4, -0.2) is 17.6 Å². The van der Waals surface area contributed by atoms with Gasteiger partial charge in [-0.3, -0.25) is 4.79 Å². The number of rotatable bonds is 4. The fourth-order valence-electron chi connectivity index (χ4n) is 1.85. The van der Waals surface area contributed by atoms with E-state index in [9.17, 15) is 18.7 Å². The maximum Gasteiger partial charge on any atom is 0.257 e. The number of anilines is 1. The molecule has 4 N–H and O–H groups in total. The number of benzene rings is 2. The van der Waals surface area contributed by atoms with E-state index in [1.54, 1.807) is 30.3 Å². The summed E-state index contributed by atoms with van der Waals surface area (Å²) in [5.41, 5.74) is 4.82. The zero-order valence-corrected chi connectivity index (χ0v) is 11.0. The highest BCUT2D eigenvalue weighted by molar-refractivity contribution is 5.95. The van der Waals surface area contributed by atoms with Gasteiger partial charge in [-0.15, -0.1) is 0 Å². The number of carbonyl (C=O) groups excluding carboxylic acids is 1. The molecule has 2 rings (SSSR count). The van der Waals surface area contributed by atoms with Crippen LogP contribution in [-0.2, 0) is 0 Å². The van der Waals surface area contributed by atoms with Crippen LogP contribution >= 0.6 is 0 Å². The first-order valence-electron chi connectivity index (χ1n) is 6.25. The van der Waals surface area contributed by atoms with Gasteiger partial charge in [0, 0.05) is 6.54 Å². The summed E-state index contributed by atoms with van der Waals surface area (Å²) in [6, 6.07) is 10.6. The summed E-state index contributed by atoms with van der Waals surface area (Å²) in [6.07, 6.45) is -0.970. The van der Waals surface area contributed by atoms with E-state index in [4.69, 9.17) is 5.73 Å². The molecule has 0 aliphatic heterocycles. The van der Waals surface area contributed by atoms with Crippen LogP contribution in [0.5, 0.6) is 0 Å². The second kappa shape index (κ2) is 6.32. The van der Waals surface area contributed by atoms with Gasteiger partial charge in [0.1, 0.15) is 11.4 Å². The number of aliphatic hydroxyl groups excluding tert-OH is 1. The average molecular weight is 292 g/mol. The lowest BCUT2D eigenvalue weighted by molar-refractivity contribution is 0.0908. The Morgan fingerprint density at radius 3 is 2.52 bits per heavy atom. The van der Waals surface area contributed by atoms with Gasteiger partial charge < -0.3 is 16.2 Å². The Bertz CT molecular complexity index is 648. The second-order valence-electron chi connectivity index (χ2n) is 4.46. The van der Waals surface area contributed by atoms with Crippen LogP contribution in [0.15, 0.2) is 42.5 Å². The van der Waals surface area contributed by atoms with Crippen molar-refractivity contribution in [3.05, 3.63) is 65.2 Å². The van der Waals surface area contributed by atoms with Crippen LogP contribution in [0.25, 0.3) is 0 Å². The van der Waals surface area contributed by atoms with Crippen LogP contribution in [0.3, 0.4) is 0 Å². The molecule has 110 valence electrons. The van der Waals surface area contributed by atoms with E-state index < -0.39 is 29.2 Å². The van der Waals surface area contributed by atoms with Gasteiger partial charge in [0.05, 0.1) is 11.8 Å². The van der Waals surface area contributed by atoms with Gasteiger partial charge in [-0.05, 0) is 17.7 Å². The second-order valence-corrected chi connectivity index (χ2v) is 4.46. The number of nitrogens with two attached hydrogens (primary N) is 1. The van der Waals surface area contributed by atoms with E-state index in [0.29, 0.717) is 5.56 Å². The van der Waals surface area contributed by atoms with Crippen LogP contribution in [0.1, 0.15) is 22.0 Å². The van der Waals surface area contributed by atoms with Gasteiger partial charge >= 0.3 is 0 Å².